The fraction of sp³-hybridized carbons (Fsp3) is 0.667. The second-order valence-electron chi connectivity index (χ2n) is 2.81. The van der Waals surface area contributed by atoms with E-state index in [0.29, 0.717) is 5.82 Å². The summed E-state index contributed by atoms with van der Waals surface area (Å²) in [6.45, 7) is 0.990. The molecule has 1 aromatic heterocycles. The molecule has 0 aromatic carbocycles. The van der Waals surface area contributed by atoms with E-state index in [4.69, 9.17) is 5.73 Å². The van der Waals surface area contributed by atoms with Gasteiger partial charge in [0.1, 0.15) is 0 Å². The summed E-state index contributed by atoms with van der Waals surface area (Å²) >= 11 is 0. The molecule has 4 heteroatoms. The zero-order valence-corrected chi connectivity index (χ0v) is 5.70. The normalized spacial score (nSPS) is 17.6. The minimum atomic E-state index is 0.514. The van der Waals surface area contributed by atoms with Crippen molar-refractivity contribution < 1.29 is 0 Å². The average Bonchev–Trinajstić information content (AvgIpc) is 2.59. The third-order valence-corrected chi connectivity index (χ3v) is 1.70. The van der Waals surface area contributed by atoms with Crippen LogP contribution in [-0.4, -0.2) is 15.0 Å². The van der Waals surface area contributed by atoms with Gasteiger partial charge in [-0.15, -0.1) is 5.10 Å². The van der Waals surface area contributed by atoms with Crippen molar-refractivity contribution in [3.05, 3.63) is 6.20 Å². The van der Waals surface area contributed by atoms with Crippen LogP contribution in [0.5, 0.6) is 0 Å². The lowest BCUT2D eigenvalue weighted by Gasteiger charge is -1.93. The summed E-state index contributed by atoms with van der Waals surface area (Å²) in [4.78, 5) is 0. The Kier molecular flexibility index (Phi) is 1.12. The third kappa shape index (κ3) is 1.10. The molecule has 0 aliphatic heterocycles. The van der Waals surface area contributed by atoms with Gasteiger partial charge in [-0.2, -0.15) is 0 Å². The Morgan fingerprint density at radius 2 is 2.50 bits per heavy atom. The Morgan fingerprint density at radius 1 is 1.70 bits per heavy atom. The fourth-order valence-corrected chi connectivity index (χ4v) is 0.968. The van der Waals surface area contributed by atoms with Crippen molar-refractivity contribution >= 4 is 5.82 Å². The minimum Gasteiger partial charge on any atom is -0.381 e. The molecule has 0 atom stereocenters. The van der Waals surface area contributed by atoms with Crippen LogP contribution in [0.15, 0.2) is 6.20 Å². The number of rotatable bonds is 2. The van der Waals surface area contributed by atoms with Crippen LogP contribution in [0.4, 0.5) is 5.82 Å². The zero-order chi connectivity index (χ0) is 6.97. The van der Waals surface area contributed by atoms with Crippen molar-refractivity contribution in [2.75, 3.05) is 5.73 Å². The summed E-state index contributed by atoms with van der Waals surface area (Å²) in [7, 11) is 0. The second-order valence-corrected chi connectivity index (χ2v) is 2.81. The second kappa shape index (κ2) is 1.97. The highest BCUT2D eigenvalue weighted by Gasteiger charge is 2.21. The number of anilines is 1. The predicted octanol–water partition coefficient (Wildman–Crippen LogP) is 0.270. The summed E-state index contributed by atoms with van der Waals surface area (Å²) in [5.41, 5.74) is 5.38. The van der Waals surface area contributed by atoms with E-state index < -0.39 is 0 Å². The molecule has 2 N–H and O–H groups in total. The topological polar surface area (TPSA) is 56.7 Å². The molecule has 0 saturated heterocycles. The number of aromatic nitrogens is 3. The first-order chi connectivity index (χ1) is 4.84. The van der Waals surface area contributed by atoms with Crippen molar-refractivity contribution in [3.63, 3.8) is 0 Å². The molecule has 10 heavy (non-hydrogen) atoms. The van der Waals surface area contributed by atoms with Gasteiger partial charge in [0, 0.05) is 6.54 Å². The highest BCUT2D eigenvalue weighted by molar-refractivity contribution is 5.19. The van der Waals surface area contributed by atoms with Gasteiger partial charge in [0.05, 0.1) is 6.20 Å². The van der Waals surface area contributed by atoms with E-state index in [9.17, 15) is 0 Å². The van der Waals surface area contributed by atoms with E-state index in [1.54, 1.807) is 6.20 Å². The first kappa shape index (κ1) is 5.70. The number of nitrogens with zero attached hydrogens (tertiary/aromatic N) is 3. The van der Waals surface area contributed by atoms with Gasteiger partial charge >= 0.3 is 0 Å². The lowest BCUT2D eigenvalue weighted by atomic mass is 10.4. The Bertz CT molecular complexity index is 225. The summed E-state index contributed by atoms with van der Waals surface area (Å²) in [6.07, 6.45) is 4.44. The van der Waals surface area contributed by atoms with Crippen LogP contribution in [0.3, 0.4) is 0 Å². The van der Waals surface area contributed by atoms with Gasteiger partial charge in [0.25, 0.3) is 0 Å². The van der Waals surface area contributed by atoms with Crippen molar-refractivity contribution in [2.24, 2.45) is 5.92 Å². The summed E-state index contributed by atoms with van der Waals surface area (Å²) in [5, 5.41) is 7.53. The van der Waals surface area contributed by atoms with E-state index >= 15 is 0 Å². The van der Waals surface area contributed by atoms with Crippen LogP contribution in [0.2, 0.25) is 0 Å². The van der Waals surface area contributed by atoms with E-state index in [2.05, 4.69) is 10.3 Å². The standard InChI is InChI=1S/C6H10N4/c7-6-4-10(9-8-6)3-5-1-2-5/h4-5H,1-3,7H2. The van der Waals surface area contributed by atoms with Gasteiger partial charge in [-0.3, -0.25) is 4.68 Å². The van der Waals surface area contributed by atoms with Crippen LogP contribution >= 0.6 is 0 Å². The molecule has 2 rings (SSSR count). The maximum Gasteiger partial charge on any atom is 0.165 e. The maximum atomic E-state index is 5.38. The van der Waals surface area contributed by atoms with Crippen molar-refractivity contribution in [1.82, 2.24) is 15.0 Å². The molecule has 54 valence electrons. The Labute approximate surface area is 59.0 Å². The van der Waals surface area contributed by atoms with Crippen molar-refractivity contribution in [2.45, 2.75) is 19.4 Å². The van der Waals surface area contributed by atoms with Gasteiger partial charge in [-0.1, -0.05) is 5.21 Å². The lowest BCUT2D eigenvalue weighted by molar-refractivity contribution is 0.544. The van der Waals surface area contributed by atoms with E-state index in [-0.39, 0.29) is 0 Å². The average molecular weight is 138 g/mol. The summed E-state index contributed by atoms with van der Waals surface area (Å²) in [5.74, 6) is 1.35. The Hall–Kier alpha value is -1.06. The van der Waals surface area contributed by atoms with Gasteiger partial charge in [0.15, 0.2) is 5.82 Å². The minimum absolute atomic E-state index is 0.514. The fourth-order valence-electron chi connectivity index (χ4n) is 0.968. The maximum absolute atomic E-state index is 5.38. The molecule has 0 unspecified atom stereocenters. The number of nitrogen functional groups attached to an aromatic ring is 1. The smallest absolute Gasteiger partial charge is 0.165 e. The van der Waals surface area contributed by atoms with Crippen LogP contribution in [0.1, 0.15) is 12.8 Å². The van der Waals surface area contributed by atoms with Gasteiger partial charge in [-0.25, -0.2) is 0 Å². The molecule has 1 heterocycles. The van der Waals surface area contributed by atoms with Crippen LogP contribution in [0.25, 0.3) is 0 Å². The molecule has 4 nitrogen and oxygen atoms in total. The van der Waals surface area contributed by atoms with Gasteiger partial charge in [-0.05, 0) is 18.8 Å². The zero-order valence-electron chi connectivity index (χ0n) is 5.70. The van der Waals surface area contributed by atoms with Crippen LogP contribution < -0.4 is 5.73 Å². The first-order valence-electron chi connectivity index (χ1n) is 3.50. The van der Waals surface area contributed by atoms with Crippen LogP contribution in [-0.2, 0) is 6.54 Å². The Morgan fingerprint density at radius 3 is 3.00 bits per heavy atom. The molecule has 0 spiro atoms. The van der Waals surface area contributed by atoms with Crippen molar-refractivity contribution in [1.29, 1.82) is 0 Å². The highest BCUT2D eigenvalue weighted by atomic mass is 15.4. The molecule has 1 aliphatic rings. The SMILES string of the molecule is Nc1cn(CC2CC2)nn1. The summed E-state index contributed by atoms with van der Waals surface area (Å²) in [6, 6.07) is 0. The Balaban J connectivity index is 2.03. The molecule has 0 amide bonds. The molecular weight excluding hydrogens is 128 g/mol. The quantitative estimate of drug-likeness (QED) is 0.638. The molecule has 1 aromatic rings. The number of hydrogen-bond donors (Lipinski definition) is 1. The predicted molar refractivity (Wildman–Crippen MR) is 37.2 cm³/mol. The molecule has 1 fully saturated rings. The monoisotopic (exact) mass is 138 g/mol. The molecular formula is C6H10N4. The van der Waals surface area contributed by atoms with Gasteiger partial charge in [0.2, 0.25) is 0 Å². The third-order valence-electron chi connectivity index (χ3n) is 1.70. The largest absolute Gasteiger partial charge is 0.381 e. The first-order valence-corrected chi connectivity index (χ1v) is 3.50. The highest BCUT2D eigenvalue weighted by Crippen LogP contribution is 2.30. The lowest BCUT2D eigenvalue weighted by Crippen LogP contribution is -1.99. The van der Waals surface area contributed by atoms with Crippen molar-refractivity contribution in [3.8, 4) is 0 Å². The number of hydrogen-bond acceptors (Lipinski definition) is 3. The molecule has 0 radical (unpaired) electrons. The summed E-state index contributed by atoms with van der Waals surface area (Å²) < 4.78 is 1.81. The molecule has 1 aliphatic carbocycles. The van der Waals surface area contributed by atoms with E-state index in [1.165, 1.54) is 12.8 Å². The molecule has 1 saturated carbocycles. The van der Waals surface area contributed by atoms with E-state index in [1.807, 2.05) is 4.68 Å². The molecule has 0 bridgehead atoms. The van der Waals surface area contributed by atoms with Crippen LogP contribution in [0, 0.1) is 5.92 Å². The van der Waals surface area contributed by atoms with E-state index in [0.717, 1.165) is 12.5 Å². The van der Waals surface area contributed by atoms with Gasteiger partial charge < -0.3 is 5.73 Å². The number of nitrogens with two attached hydrogens (primary N) is 1.